The van der Waals surface area contributed by atoms with Crippen LogP contribution in [0.15, 0.2) is 47.3 Å². The number of rotatable bonds is 6. The number of ether oxygens (including phenoxy) is 2. The van der Waals surface area contributed by atoms with Gasteiger partial charge in [0.25, 0.3) is 5.91 Å². The molecule has 0 saturated heterocycles. The molecule has 26 heavy (non-hydrogen) atoms. The number of nitrogens with zero attached hydrogens (tertiary/aromatic N) is 1. The second-order valence-corrected chi connectivity index (χ2v) is 6.76. The predicted octanol–water partition coefficient (Wildman–Crippen LogP) is 3.40. The van der Waals surface area contributed by atoms with Crippen LogP contribution in [0, 0.1) is 0 Å². The Labute approximate surface area is 155 Å². The molecular weight excluding hydrogens is 352 g/mol. The van der Waals surface area contributed by atoms with Crippen molar-refractivity contribution in [2.24, 2.45) is 7.05 Å². The average molecular weight is 372 g/mol. The summed E-state index contributed by atoms with van der Waals surface area (Å²) in [6.45, 7) is 1.88. The van der Waals surface area contributed by atoms with E-state index in [1.807, 2.05) is 25.1 Å². The number of amides is 1. The van der Waals surface area contributed by atoms with Crippen LogP contribution in [0.5, 0.6) is 11.5 Å². The molecule has 3 rings (SSSR count). The molecule has 1 N–H and O–H groups in total. The normalized spacial score (nSPS) is 12.0. The van der Waals surface area contributed by atoms with E-state index in [-0.39, 0.29) is 10.8 Å². The van der Waals surface area contributed by atoms with E-state index < -0.39 is 6.10 Å². The number of carbonyl (C=O) groups excluding carboxylic acids is 1. The van der Waals surface area contributed by atoms with Crippen molar-refractivity contribution < 1.29 is 14.3 Å². The second-order valence-electron chi connectivity index (χ2n) is 5.76. The topological polar surface area (TPSA) is 69.6 Å². The summed E-state index contributed by atoms with van der Waals surface area (Å²) >= 11 is 1.15. The van der Waals surface area contributed by atoms with Crippen molar-refractivity contribution in [1.29, 1.82) is 0 Å². The number of aromatic nitrogens is 1. The van der Waals surface area contributed by atoms with E-state index >= 15 is 0 Å². The van der Waals surface area contributed by atoms with Crippen molar-refractivity contribution in [2.45, 2.75) is 19.4 Å². The van der Waals surface area contributed by atoms with E-state index in [1.165, 1.54) is 0 Å². The Morgan fingerprint density at radius 3 is 2.65 bits per heavy atom. The number of nitrogens with one attached hydrogen (secondary N) is 1. The van der Waals surface area contributed by atoms with Crippen LogP contribution in [0.2, 0.25) is 0 Å². The van der Waals surface area contributed by atoms with E-state index in [0.29, 0.717) is 23.6 Å². The molecule has 0 aliphatic carbocycles. The van der Waals surface area contributed by atoms with Gasteiger partial charge in [0.15, 0.2) is 17.6 Å². The van der Waals surface area contributed by atoms with Crippen molar-refractivity contribution in [3.63, 3.8) is 0 Å². The zero-order chi connectivity index (χ0) is 18.7. The summed E-state index contributed by atoms with van der Waals surface area (Å²) in [5.41, 5.74) is 1.47. The zero-order valence-corrected chi connectivity index (χ0v) is 15.6. The van der Waals surface area contributed by atoms with Crippen LogP contribution in [0.25, 0.3) is 10.2 Å². The number of benzene rings is 2. The predicted molar refractivity (Wildman–Crippen MR) is 103 cm³/mol. The fraction of sp³-hybridized carbons (Fsp3) is 0.263. The monoisotopic (exact) mass is 372 g/mol. The highest BCUT2D eigenvalue weighted by molar-refractivity contribution is 7.16. The zero-order valence-electron chi connectivity index (χ0n) is 14.8. The van der Waals surface area contributed by atoms with Crippen LogP contribution in [0.4, 0.5) is 5.69 Å². The quantitative estimate of drug-likeness (QED) is 0.720. The maximum Gasteiger partial charge on any atom is 0.307 e. The molecule has 0 fully saturated rings. The van der Waals surface area contributed by atoms with Gasteiger partial charge in [-0.3, -0.25) is 9.59 Å². The third-order valence-corrected chi connectivity index (χ3v) is 5.06. The molecule has 0 bridgehead atoms. The highest BCUT2D eigenvalue weighted by Crippen LogP contribution is 2.28. The van der Waals surface area contributed by atoms with E-state index in [9.17, 15) is 9.59 Å². The highest BCUT2D eigenvalue weighted by Gasteiger charge is 2.20. The lowest BCUT2D eigenvalue weighted by molar-refractivity contribution is -0.122. The molecule has 0 aliphatic rings. The number of methoxy groups -OCH3 is 1. The summed E-state index contributed by atoms with van der Waals surface area (Å²) in [7, 11) is 3.29. The molecule has 0 saturated carbocycles. The summed E-state index contributed by atoms with van der Waals surface area (Å²) in [5.74, 6) is 0.851. The first-order valence-corrected chi connectivity index (χ1v) is 9.05. The maximum atomic E-state index is 12.6. The lowest BCUT2D eigenvalue weighted by Crippen LogP contribution is -2.32. The van der Waals surface area contributed by atoms with Gasteiger partial charge in [-0.15, -0.1) is 0 Å². The van der Waals surface area contributed by atoms with Gasteiger partial charge < -0.3 is 19.4 Å². The largest absolute Gasteiger partial charge is 0.493 e. The minimum absolute atomic E-state index is 0.0329. The molecule has 1 unspecified atom stereocenters. The fourth-order valence-corrected chi connectivity index (χ4v) is 3.54. The molecule has 2 aromatic carbocycles. The van der Waals surface area contributed by atoms with Crippen molar-refractivity contribution in [3.05, 3.63) is 52.1 Å². The summed E-state index contributed by atoms with van der Waals surface area (Å²) in [4.78, 5) is 24.3. The molecule has 1 aromatic heterocycles. The van der Waals surface area contributed by atoms with Gasteiger partial charge in [-0.25, -0.2) is 0 Å². The van der Waals surface area contributed by atoms with Gasteiger partial charge in [0, 0.05) is 12.7 Å². The molecule has 136 valence electrons. The molecule has 3 aromatic rings. The Hall–Kier alpha value is -2.80. The fourth-order valence-electron chi connectivity index (χ4n) is 2.63. The number of hydrogen-bond donors (Lipinski definition) is 1. The maximum absolute atomic E-state index is 12.6. The lowest BCUT2D eigenvalue weighted by atomic mass is 10.2. The van der Waals surface area contributed by atoms with Crippen molar-refractivity contribution >= 4 is 33.1 Å². The molecule has 6 nitrogen and oxygen atoms in total. The van der Waals surface area contributed by atoms with Crippen molar-refractivity contribution in [1.82, 2.24) is 4.57 Å². The van der Waals surface area contributed by atoms with Crippen LogP contribution in [-0.2, 0) is 11.8 Å². The Kier molecular flexibility index (Phi) is 5.27. The second kappa shape index (κ2) is 7.61. The summed E-state index contributed by atoms with van der Waals surface area (Å²) < 4.78 is 13.5. The van der Waals surface area contributed by atoms with Crippen LogP contribution >= 0.6 is 11.3 Å². The number of anilines is 1. The van der Waals surface area contributed by atoms with Crippen LogP contribution in [-0.4, -0.2) is 23.7 Å². The smallest absolute Gasteiger partial charge is 0.307 e. The van der Waals surface area contributed by atoms with Gasteiger partial charge in [0.2, 0.25) is 0 Å². The molecule has 1 amide bonds. The lowest BCUT2D eigenvalue weighted by Gasteiger charge is -2.18. The minimum atomic E-state index is -0.656. The molecule has 0 radical (unpaired) electrons. The van der Waals surface area contributed by atoms with Crippen LogP contribution < -0.4 is 19.7 Å². The Morgan fingerprint density at radius 2 is 1.96 bits per heavy atom. The molecule has 1 atom stereocenters. The van der Waals surface area contributed by atoms with Crippen LogP contribution in [0.3, 0.4) is 0 Å². The standard InChI is InChI=1S/C19H20N2O4S/c1-4-14(25-16-8-6-5-7-15(16)24-3)18(22)20-12-9-10-13-17(11-12)26-19(23)21(13)2/h5-11,14H,4H2,1-3H3,(H,20,22). The third kappa shape index (κ3) is 3.57. The number of para-hydroxylation sites is 2. The van der Waals surface area contributed by atoms with Gasteiger partial charge in [-0.2, -0.15) is 0 Å². The molecular formula is C19H20N2O4S. The SMILES string of the molecule is CCC(Oc1ccccc1OC)C(=O)Nc1ccc2c(c1)sc(=O)n2C. The van der Waals surface area contributed by atoms with Gasteiger partial charge in [-0.1, -0.05) is 30.4 Å². The van der Waals surface area contributed by atoms with Crippen molar-refractivity contribution in [3.8, 4) is 11.5 Å². The number of hydrogen-bond acceptors (Lipinski definition) is 5. The summed E-state index contributed by atoms with van der Waals surface area (Å²) in [6, 6.07) is 12.6. The third-order valence-electron chi connectivity index (χ3n) is 4.06. The average Bonchev–Trinajstić information content (AvgIpc) is 2.93. The minimum Gasteiger partial charge on any atom is -0.493 e. The summed E-state index contributed by atoms with van der Waals surface area (Å²) in [5, 5.41) is 2.86. The first-order valence-electron chi connectivity index (χ1n) is 8.23. The summed E-state index contributed by atoms with van der Waals surface area (Å²) in [6.07, 6.45) is -0.151. The molecule has 0 aliphatic heterocycles. The van der Waals surface area contributed by atoms with Crippen molar-refractivity contribution in [2.75, 3.05) is 12.4 Å². The van der Waals surface area contributed by atoms with E-state index in [4.69, 9.17) is 9.47 Å². The van der Waals surface area contributed by atoms with Gasteiger partial charge in [0.05, 0.1) is 17.3 Å². The number of carbonyl (C=O) groups is 1. The Bertz CT molecular complexity index is 993. The highest BCUT2D eigenvalue weighted by atomic mass is 32.1. The van der Waals surface area contributed by atoms with E-state index in [2.05, 4.69) is 5.32 Å². The van der Waals surface area contributed by atoms with Crippen LogP contribution in [0.1, 0.15) is 13.3 Å². The van der Waals surface area contributed by atoms with Gasteiger partial charge in [-0.05, 0) is 36.8 Å². The molecule has 0 spiro atoms. The number of thiazole rings is 1. The number of aryl methyl sites for hydroxylation is 1. The molecule has 7 heteroatoms. The van der Waals surface area contributed by atoms with Gasteiger partial charge in [0.1, 0.15) is 0 Å². The number of fused-ring (bicyclic) bond motifs is 1. The Balaban J connectivity index is 1.78. The van der Waals surface area contributed by atoms with E-state index in [1.54, 1.807) is 43.0 Å². The van der Waals surface area contributed by atoms with E-state index in [0.717, 1.165) is 21.6 Å². The first-order chi connectivity index (χ1) is 12.5. The molecule has 1 heterocycles. The van der Waals surface area contributed by atoms with Gasteiger partial charge >= 0.3 is 4.87 Å². The first kappa shape index (κ1) is 18.0. The Morgan fingerprint density at radius 1 is 1.23 bits per heavy atom.